The lowest BCUT2D eigenvalue weighted by Gasteiger charge is -2.26. The zero-order valence-corrected chi connectivity index (χ0v) is 18.0. The normalized spacial score (nSPS) is 22.6. The summed E-state index contributed by atoms with van der Waals surface area (Å²) in [7, 11) is 0. The van der Waals surface area contributed by atoms with Gasteiger partial charge < -0.3 is 10.6 Å². The smallest absolute Gasteiger partial charge is 0.201 e. The lowest BCUT2D eigenvalue weighted by Crippen LogP contribution is -2.47. The van der Waals surface area contributed by atoms with E-state index in [1.54, 1.807) is 18.2 Å². The highest BCUT2D eigenvalue weighted by Gasteiger charge is 2.27. The summed E-state index contributed by atoms with van der Waals surface area (Å²) in [6.45, 7) is 7.11. The fourth-order valence-corrected chi connectivity index (χ4v) is 3.92. The summed E-state index contributed by atoms with van der Waals surface area (Å²) in [4.78, 5) is 6.73. The molecule has 2 N–H and O–H groups in total. The van der Waals surface area contributed by atoms with Crippen molar-refractivity contribution in [2.45, 2.75) is 45.7 Å². The number of rotatable bonds is 2. The molecular formula is C20H24Cl2N4S. The summed E-state index contributed by atoms with van der Waals surface area (Å²) < 4.78 is 0. The van der Waals surface area contributed by atoms with E-state index in [1.165, 1.54) is 11.1 Å². The van der Waals surface area contributed by atoms with Crippen LogP contribution in [0.5, 0.6) is 0 Å². The predicted molar refractivity (Wildman–Crippen MR) is 120 cm³/mol. The van der Waals surface area contributed by atoms with Gasteiger partial charge in [0.05, 0.1) is 23.3 Å². The average molecular weight is 423 g/mol. The molecule has 3 rings (SSSR count). The van der Waals surface area contributed by atoms with Gasteiger partial charge in [-0.3, -0.25) is 4.90 Å². The Labute approximate surface area is 176 Å². The van der Waals surface area contributed by atoms with E-state index < -0.39 is 0 Å². The maximum Gasteiger partial charge on any atom is 0.201 e. The van der Waals surface area contributed by atoms with Gasteiger partial charge in [0.25, 0.3) is 0 Å². The second kappa shape index (κ2) is 8.63. The number of guanidine groups is 1. The van der Waals surface area contributed by atoms with Crippen molar-refractivity contribution in [3.05, 3.63) is 51.5 Å². The second-order valence-corrected chi connectivity index (χ2v) is 8.39. The minimum atomic E-state index is 0.165. The number of thiocarbonyl (C=S) groups is 1. The van der Waals surface area contributed by atoms with Gasteiger partial charge in [0.2, 0.25) is 5.96 Å². The number of halogens is 2. The fourth-order valence-electron chi connectivity index (χ4n) is 3.31. The van der Waals surface area contributed by atoms with E-state index >= 15 is 0 Å². The minimum Gasteiger partial charge on any atom is -0.350 e. The van der Waals surface area contributed by atoms with Crippen LogP contribution in [0, 0.1) is 0 Å². The monoisotopic (exact) mass is 422 g/mol. The topological polar surface area (TPSA) is 39.7 Å². The van der Waals surface area contributed by atoms with Crippen LogP contribution >= 0.6 is 35.4 Å². The van der Waals surface area contributed by atoms with Crippen molar-refractivity contribution >= 4 is 52.2 Å². The summed E-state index contributed by atoms with van der Waals surface area (Å²) >= 11 is 18.0. The molecule has 27 heavy (non-hydrogen) atoms. The van der Waals surface area contributed by atoms with Crippen molar-refractivity contribution in [3.8, 4) is 0 Å². The lowest BCUT2D eigenvalue weighted by molar-refractivity contribution is 0.571. The first-order valence-electron chi connectivity index (χ1n) is 9.05. The van der Waals surface area contributed by atoms with Crippen molar-refractivity contribution in [1.82, 2.24) is 10.2 Å². The average Bonchev–Trinajstić information content (AvgIpc) is 2.87. The third-order valence-corrected chi connectivity index (χ3v) is 5.45. The van der Waals surface area contributed by atoms with E-state index in [0.29, 0.717) is 20.8 Å². The van der Waals surface area contributed by atoms with Crippen molar-refractivity contribution in [1.29, 1.82) is 0 Å². The molecule has 0 radical (unpaired) electrons. The van der Waals surface area contributed by atoms with E-state index in [2.05, 4.69) is 43.6 Å². The van der Waals surface area contributed by atoms with Crippen molar-refractivity contribution < 1.29 is 0 Å². The molecule has 144 valence electrons. The van der Waals surface area contributed by atoms with Gasteiger partial charge in [-0.1, -0.05) is 46.5 Å². The van der Waals surface area contributed by atoms with Crippen LogP contribution < -0.4 is 10.6 Å². The van der Waals surface area contributed by atoms with Gasteiger partial charge in [-0.2, -0.15) is 0 Å². The minimum absolute atomic E-state index is 0.165. The molecule has 0 spiro atoms. The number of allylic oxidation sites excluding steroid dienone is 3. The molecule has 1 aliphatic heterocycles. The molecule has 2 unspecified atom stereocenters. The molecule has 7 heteroatoms. The summed E-state index contributed by atoms with van der Waals surface area (Å²) in [6, 6.07) is 5.66. The number of benzene rings is 1. The third-order valence-electron chi connectivity index (χ3n) is 4.56. The van der Waals surface area contributed by atoms with E-state index in [1.807, 2.05) is 4.90 Å². The largest absolute Gasteiger partial charge is 0.350 e. The van der Waals surface area contributed by atoms with E-state index in [0.717, 1.165) is 25.3 Å². The standard InChI is InChI=1S/C20H24Cl2N4S/c1-12-4-6-16(9-13(2)8-12)24-19-23-14(3)11-26(19)20(27)25-18-10-15(21)5-7-17(18)22/h5,7-10,14,16H,4,6,11H2,1-3H3,(H,23,24)(H,25,27). The van der Waals surface area contributed by atoms with Crippen LogP contribution in [-0.4, -0.2) is 34.6 Å². The molecule has 0 fully saturated rings. The Morgan fingerprint density at radius 2 is 2.07 bits per heavy atom. The summed E-state index contributed by atoms with van der Waals surface area (Å²) in [5.41, 5.74) is 3.37. The molecular weight excluding hydrogens is 399 g/mol. The highest BCUT2D eigenvalue weighted by molar-refractivity contribution is 7.80. The molecule has 0 amide bonds. The Morgan fingerprint density at radius 1 is 1.30 bits per heavy atom. The zero-order chi connectivity index (χ0) is 19.6. The van der Waals surface area contributed by atoms with Crippen molar-refractivity contribution in [3.63, 3.8) is 0 Å². The maximum atomic E-state index is 6.26. The number of nitrogens with one attached hydrogen (secondary N) is 2. The number of anilines is 1. The summed E-state index contributed by atoms with van der Waals surface area (Å²) in [5.74, 6) is 0.798. The fraction of sp³-hybridized carbons (Fsp3) is 0.400. The van der Waals surface area contributed by atoms with Crippen LogP contribution in [0.4, 0.5) is 5.69 Å². The van der Waals surface area contributed by atoms with Crippen LogP contribution in [0.25, 0.3) is 0 Å². The quantitative estimate of drug-likeness (QED) is 0.626. The van der Waals surface area contributed by atoms with Gasteiger partial charge in [-0.25, -0.2) is 4.99 Å². The number of hydrogen-bond acceptors (Lipinski definition) is 3. The first-order chi connectivity index (χ1) is 12.8. The Balaban J connectivity index is 1.72. The zero-order valence-electron chi connectivity index (χ0n) is 15.7. The van der Waals surface area contributed by atoms with Crippen LogP contribution in [-0.2, 0) is 0 Å². The second-order valence-electron chi connectivity index (χ2n) is 7.16. The van der Waals surface area contributed by atoms with E-state index in [9.17, 15) is 0 Å². The Kier molecular flexibility index (Phi) is 6.45. The molecule has 2 aliphatic rings. The van der Waals surface area contributed by atoms with Crippen LogP contribution in [0.2, 0.25) is 10.0 Å². The number of nitrogens with zero attached hydrogens (tertiary/aromatic N) is 2. The van der Waals surface area contributed by atoms with Gasteiger partial charge >= 0.3 is 0 Å². The third kappa shape index (κ3) is 5.24. The van der Waals surface area contributed by atoms with E-state index in [-0.39, 0.29) is 12.1 Å². The first kappa shape index (κ1) is 20.2. The lowest BCUT2D eigenvalue weighted by atomic mass is 10.1. The molecule has 0 aromatic heterocycles. The highest BCUT2D eigenvalue weighted by atomic mass is 35.5. The number of hydrogen-bond donors (Lipinski definition) is 2. The summed E-state index contributed by atoms with van der Waals surface area (Å²) in [5, 5.41) is 8.50. The molecule has 1 aliphatic carbocycles. The molecule has 1 heterocycles. The SMILES string of the molecule is CC1=CC(NC2=NC(C)CN2C(=S)Nc2cc(Cl)ccc2Cl)CCC(C)=C1. The predicted octanol–water partition coefficient (Wildman–Crippen LogP) is 5.39. The molecule has 0 saturated carbocycles. The van der Waals surface area contributed by atoms with Crippen molar-refractivity contribution in [2.75, 3.05) is 11.9 Å². The van der Waals surface area contributed by atoms with Gasteiger partial charge in [-0.05, 0) is 64.0 Å². The number of aliphatic imine (C=N–C) groups is 1. The van der Waals surface area contributed by atoms with Crippen LogP contribution in [0.1, 0.15) is 33.6 Å². The Morgan fingerprint density at radius 3 is 2.85 bits per heavy atom. The molecule has 4 nitrogen and oxygen atoms in total. The first-order valence-corrected chi connectivity index (χ1v) is 10.2. The van der Waals surface area contributed by atoms with Crippen LogP contribution in [0.3, 0.4) is 0 Å². The van der Waals surface area contributed by atoms with E-state index in [4.69, 9.17) is 40.4 Å². The molecule has 0 saturated heterocycles. The highest BCUT2D eigenvalue weighted by Crippen LogP contribution is 2.26. The molecule has 0 bridgehead atoms. The summed E-state index contributed by atoms with van der Waals surface area (Å²) in [6.07, 6.45) is 6.59. The Hall–Kier alpha value is -1.56. The maximum absolute atomic E-state index is 6.26. The van der Waals surface area contributed by atoms with Gasteiger partial charge in [-0.15, -0.1) is 0 Å². The van der Waals surface area contributed by atoms with Crippen molar-refractivity contribution in [2.24, 2.45) is 4.99 Å². The van der Waals surface area contributed by atoms with Gasteiger partial charge in [0.1, 0.15) is 0 Å². The molecule has 2 atom stereocenters. The Bertz CT molecular complexity index is 831. The van der Waals surface area contributed by atoms with Gasteiger partial charge in [0.15, 0.2) is 5.11 Å². The molecule has 1 aromatic carbocycles. The van der Waals surface area contributed by atoms with Gasteiger partial charge in [0, 0.05) is 11.1 Å². The van der Waals surface area contributed by atoms with Crippen LogP contribution in [0.15, 0.2) is 46.5 Å². The molecule has 1 aromatic rings.